The van der Waals surface area contributed by atoms with E-state index >= 15 is 0 Å². The minimum atomic E-state index is -0.288. The van der Waals surface area contributed by atoms with Gasteiger partial charge in [-0.1, -0.05) is 0 Å². The fourth-order valence-corrected chi connectivity index (χ4v) is 7.52. The molecule has 4 aliphatic rings. The largest absolute Gasteiger partial charge is 0.490 e. The molecule has 4 bridgehead atoms. The Hall–Kier alpha value is -1.27. The molecule has 1 aromatic carbocycles. The third-order valence-corrected chi connectivity index (χ3v) is 8.44. The Morgan fingerprint density at radius 3 is 2.27 bits per heavy atom. The van der Waals surface area contributed by atoms with Crippen molar-refractivity contribution in [2.75, 3.05) is 13.2 Å². The van der Waals surface area contributed by atoms with Crippen molar-refractivity contribution in [3.05, 3.63) is 22.2 Å². The van der Waals surface area contributed by atoms with Gasteiger partial charge in [0.25, 0.3) is 5.91 Å². The van der Waals surface area contributed by atoms with Crippen LogP contribution in [-0.4, -0.2) is 30.7 Å². The highest BCUT2D eigenvalue weighted by Gasteiger charge is 2.52. The molecule has 0 unspecified atom stereocenters. The second kappa shape index (κ2) is 9.77. The zero-order chi connectivity index (χ0) is 23.8. The van der Waals surface area contributed by atoms with Crippen molar-refractivity contribution in [2.45, 2.75) is 91.3 Å². The van der Waals surface area contributed by atoms with E-state index in [2.05, 4.69) is 39.6 Å². The molecule has 0 saturated heterocycles. The van der Waals surface area contributed by atoms with Gasteiger partial charge >= 0.3 is 0 Å². The fourth-order valence-electron chi connectivity index (χ4n) is 6.91. The van der Waals surface area contributed by atoms with Gasteiger partial charge in [-0.15, -0.1) is 0 Å². The molecule has 2 N–H and O–H groups in total. The molecule has 0 heterocycles. The van der Waals surface area contributed by atoms with Crippen LogP contribution in [0.2, 0.25) is 0 Å². The molecule has 0 aromatic heterocycles. The zero-order valence-corrected chi connectivity index (χ0v) is 22.5. The summed E-state index contributed by atoms with van der Waals surface area (Å²) in [6.45, 7) is 11.5. The lowest BCUT2D eigenvalue weighted by Gasteiger charge is -2.59. The van der Waals surface area contributed by atoms with Crippen molar-refractivity contribution in [3.63, 3.8) is 0 Å². The van der Waals surface area contributed by atoms with Crippen molar-refractivity contribution >= 4 is 21.8 Å². The van der Waals surface area contributed by atoms with Crippen LogP contribution in [0.25, 0.3) is 0 Å². The van der Waals surface area contributed by atoms with Crippen LogP contribution < -0.4 is 20.1 Å². The Bertz CT molecular complexity index is 828. The number of rotatable bonds is 9. The molecular formula is C27H41BrN2O3. The van der Waals surface area contributed by atoms with Crippen LogP contribution >= 0.6 is 15.9 Å². The quantitative estimate of drug-likeness (QED) is 0.429. The van der Waals surface area contributed by atoms with Gasteiger partial charge in [-0.05, 0) is 130 Å². The van der Waals surface area contributed by atoms with Gasteiger partial charge in [0, 0.05) is 18.1 Å². The molecule has 1 amide bonds. The summed E-state index contributed by atoms with van der Waals surface area (Å²) in [6, 6.07) is 4.64. The molecule has 0 spiro atoms. The molecular weight excluding hydrogens is 480 g/mol. The molecule has 184 valence electrons. The highest BCUT2D eigenvalue weighted by molar-refractivity contribution is 9.10. The maximum absolute atomic E-state index is 12.2. The summed E-state index contributed by atoms with van der Waals surface area (Å²) in [4.78, 5) is 12.2. The SMILES string of the molecule is CCOc1cc(CN[C@H](C)C23CC4CC(CC(C4)C2)C3)cc(Br)c1OCC(=O)NC(C)(C)C. The number of carbonyl (C=O) groups is 1. The third kappa shape index (κ3) is 5.87. The topological polar surface area (TPSA) is 59.6 Å². The van der Waals surface area contributed by atoms with Crippen molar-refractivity contribution in [1.82, 2.24) is 10.6 Å². The molecule has 4 saturated carbocycles. The fraction of sp³-hybridized carbons (Fsp3) is 0.741. The number of hydrogen-bond donors (Lipinski definition) is 2. The molecule has 33 heavy (non-hydrogen) atoms. The number of hydrogen-bond acceptors (Lipinski definition) is 4. The first-order valence-electron chi connectivity index (χ1n) is 12.7. The first-order valence-corrected chi connectivity index (χ1v) is 13.5. The highest BCUT2D eigenvalue weighted by atomic mass is 79.9. The van der Waals surface area contributed by atoms with Gasteiger partial charge < -0.3 is 20.1 Å². The Morgan fingerprint density at radius 2 is 1.73 bits per heavy atom. The third-order valence-electron chi connectivity index (χ3n) is 7.85. The molecule has 0 aliphatic heterocycles. The van der Waals surface area contributed by atoms with Crippen LogP contribution in [0.1, 0.15) is 78.7 Å². The van der Waals surface area contributed by atoms with Crippen molar-refractivity contribution < 1.29 is 14.3 Å². The first kappa shape index (κ1) is 24.8. The van der Waals surface area contributed by atoms with Crippen LogP contribution in [0.3, 0.4) is 0 Å². The van der Waals surface area contributed by atoms with E-state index in [0.29, 0.717) is 29.6 Å². The molecule has 1 atom stereocenters. The summed E-state index contributed by atoms with van der Waals surface area (Å²) in [6.07, 6.45) is 8.66. The average molecular weight is 522 g/mol. The lowest BCUT2D eigenvalue weighted by Crippen LogP contribution is -2.54. The summed E-state index contributed by atoms with van der Waals surface area (Å²) in [5, 5.41) is 6.80. The highest BCUT2D eigenvalue weighted by Crippen LogP contribution is 2.61. The Kier molecular flexibility index (Phi) is 7.35. The molecule has 0 radical (unpaired) electrons. The number of carbonyl (C=O) groups excluding carboxylic acids is 1. The Morgan fingerprint density at radius 1 is 1.12 bits per heavy atom. The Balaban J connectivity index is 1.40. The molecule has 5 rings (SSSR count). The molecule has 4 aliphatic carbocycles. The van der Waals surface area contributed by atoms with Gasteiger partial charge in [0.05, 0.1) is 11.1 Å². The van der Waals surface area contributed by atoms with E-state index in [1.807, 2.05) is 33.8 Å². The predicted octanol–water partition coefficient (Wildman–Crippen LogP) is 5.84. The van der Waals surface area contributed by atoms with E-state index in [1.54, 1.807) is 0 Å². The maximum Gasteiger partial charge on any atom is 0.258 e. The normalized spacial score (nSPS) is 29.1. The summed E-state index contributed by atoms with van der Waals surface area (Å²) < 4.78 is 12.6. The van der Waals surface area contributed by atoms with E-state index in [1.165, 1.54) is 38.5 Å². The lowest BCUT2D eigenvalue weighted by molar-refractivity contribution is -0.124. The van der Waals surface area contributed by atoms with E-state index < -0.39 is 0 Å². The summed E-state index contributed by atoms with van der Waals surface area (Å²) in [7, 11) is 0. The summed E-state index contributed by atoms with van der Waals surface area (Å²) in [5.74, 6) is 4.00. The van der Waals surface area contributed by atoms with Crippen molar-refractivity contribution in [1.29, 1.82) is 0 Å². The minimum Gasteiger partial charge on any atom is -0.490 e. The standard InChI is InChI=1S/C27H41BrN2O3/c1-6-32-23-11-21(10-22(28)25(23)33-16-24(31)30-26(3,4)5)15-29-17(2)27-12-18-7-19(13-27)9-20(8-18)14-27/h10-11,17-20,29H,6-9,12-16H2,1-5H3,(H,30,31)/t17-,18?,19?,20?,27?/m1/s1. The van der Waals surface area contributed by atoms with Crippen molar-refractivity contribution in [3.8, 4) is 11.5 Å². The van der Waals surface area contributed by atoms with Crippen LogP contribution in [0.15, 0.2) is 16.6 Å². The second-order valence-corrected chi connectivity index (χ2v) is 12.7. The van der Waals surface area contributed by atoms with Gasteiger partial charge in [0.2, 0.25) is 0 Å². The molecule has 6 heteroatoms. The van der Waals surface area contributed by atoms with E-state index in [4.69, 9.17) is 9.47 Å². The van der Waals surface area contributed by atoms with Gasteiger partial charge in [-0.2, -0.15) is 0 Å². The van der Waals surface area contributed by atoms with E-state index in [9.17, 15) is 4.79 Å². The number of ether oxygens (including phenoxy) is 2. The van der Waals surface area contributed by atoms with Crippen LogP contribution in [-0.2, 0) is 11.3 Å². The smallest absolute Gasteiger partial charge is 0.258 e. The van der Waals surface area contributed by atoms with Crippen LogP contribution in [0, 0.1) is 23.2 Å². The number of nitrogens with one attached hydrogen (secondary N) is 2. The average Bonchev–Trinajstić information content (AvgIpc) is 2.69. The number of amides is 1. The van der Waals surface area contributed by atoms with Gasteiger partial charge in [-0.25, -0.2) is 0 Å². The van der Waals surface area contributed by atoms with Crippen LogP contribution in [0.4, 0.5) is 0 Å². The lowest BCUT2D eigenvalue weighted by atomic mass is 9.48. The molecule has 5 nitrogen and oxygen atoms in total. The minimum absolute atomic E-state index is 0.0450. The summed E-state index contributed by atoms with van der Waals surface area (Å²) >= 11 is 3.65. The zero-order valence-electron chi connectivity index (χ0n) is 20.9. The Labute approximate surface area is 207 Å². The van der Waals surface area contributed by atoms with E-state index in [0.717, 1.165) is 34.3 Å². The molecule has 4 fully saturated rings. The van der Waals surface area contributed by atoms with Crippen LogP contribution in [0.5, 0.6) is 11.5 Å². The van der Waals surface area contributed by atoms with Crippen molar-refractivity contribution in [2.24, 2.45) is 23.2 Å². The number of halogens is 1. The van der Waals surface area contributed by atoms with E-state index in [-0.39, 0.29) is 18.1 Å². The predicted molar refractivity (Wildman–Crippen MR) is 136 cm³/mol. The van der Waals surface area contributed by atoms with Gasteiger partial charge in [-0.3, -0.25) is 4.79 Å². The molecule has 1 aromatic rings. The second-order valence-electron chi connectivity index (χ2n) is 11.8. The first-order chi connectivity index (χ1) is 15.6. The van der Waals surface area contributed by atoms with Gasteiger partial charge in [0.1, 0.15) is 0 Å². The summed E-state index contributed by atoms with van der Waals surface area (Å²) in [5.41, 5.74) is 1.36. The van der Waals surface area contributed by atoms with Gasteiger partial charge in [0.15, 0.2) is 18.1 Å². The number of benzene rings is 1. The monoisotopic (exact) mass is 520 g/mol. The maximum atomic E-state index is 12.2.